The van der Waals surface area contributed by atoms with Crippen LogP contribution in [0.4, 0.5) is 18.9 Å². The summed E-state index contributed by atoms with van der Waals surface area (Å²) >= 11 is 0. The number of alkyl halides is 3. The van der Waals surface area contributed by atoms with Gasteiger partial charge < -0.3 is 10.6 Å². The van der Waals surface area contributed by atoms with Gasteiger partial charge in [0.1, 0.15) is 0 Å². The van der Waals surface area contributed by atoms with Crippen LogP contribution in [0, 0.1) is 5.92 Å². The number of nitrogens with zero attached hydrogens (tertiary/aromatic N) is 1. The number of halogens is 3. The Balaban J connectivity index is 2.74. The molecule has 5 heteroatoms. The second-order valence-electron chi connectivity index (χ2n) is 4.24. The van der Waals surface area contributed by atoms with Gasteiger partial charge in [-0.3, -0.25) is 0 Å². The third-order valence-electron chi connectivity index (χ3n) is 2.68. The Kier molecular flexibility index (Phi) is 4.40. The fourth-order valence-electron chi connectivity index (χ4n) is 1.55. The molecule has 0 spiro atoms. The summed E-state index contributed by atoms with van der Waals surface area (Å²) in [7, 11) is 3.76. The van der Waals surface area contributed by atoms with Crippen molar-refractivity contribution in [2.24, 2.45) is 11.7 Å². The molecule has 1 atom stereocenters. The second kappa shape index (κ2) is 5.40. The van der Waals surface area contributed by atoms with Gasteiger partial charge in [0.25, 0.3) is 0 Å². The zero-order valence-corrected chi connectivity index (χ0v) is 9.96. The number of benzene rings is 1. The van der Waals surface area contributed by atoms with Gasteiger partial charge in [0.2, 0.25) is 0 Å². The first-order chi connectivity index (χ1) is 7.84. The summed E-state index contributed by atoms with van der Waals surface area (Å²) in [6.45, 7) is -0.376. The lowest BCUT2D eigenvalue weighted by Crippen LogP contribution is -2.31. The van der Waals surface area contributed by atoms with Crippen LogP contribution in [0.25, 0.3) is 0 Å². The zero-order chi connectivity index (χ0) is 13.1. The van der Waals surface area contributed by atoms with Crippen LogP contribution in [0.3, 0.4) is 0 Å². The van der Waals surface area contributed by atoms with Gasteiger partial charge in [0, 0.05) is 26.3 Å². The minimum Gasteiger partial charge on any atom is -0.378 e. The Morgan fingerprint density at radius 2 is 1.71 bits per heavy atom. The highest BCUT2D eigenvalue weighted by Crippen LogP contribution is 2.28. The Bertz CT molecular complexity index is 344. The van der Waals surface area contributed by atoms with Crippen molar-refractivity contribution < 1.29 is 13.2 Å². The summed E-state index contributed by atoms with van der Waals surface area (Å²) in [5.41, 5.74) is 6.78. The van der Waals surface area contributed by atoms with Crippen LogP contribution >= 0.6 is 0 Å². The molecule has 1 aromatic carbocycles. The van der Waals surface area contributed by atoms with E-state index in [-0.39, 0.29) is 13.0 Å². The van der Waals surface area contributed by atoms with Gasteiger partial charge in [-0.1, -0.05) is 12.1 Å². The topological polar surface area (TPSA) is 29.3 Å². The molecule has 2 N–H and O–H groups in total. The van der Waals surface area contributed by atoms with Crippen molar-refractivity contribution in [2.75, 3.05) is 25.5 Å². The molecule has 0 radical (unpaired) electrons. The summed E-state index contributed by atoms with van der Waals surface area (Å²) in [4.78, 5) is 1.90. The molecule has 0 amide bonds. The number of hydrogen-bond acceptors (Lipinski definition) is 2. The zero-order valence-electron chi connectivity index (χ0n) is 9.96. The largest absolute Gasteiger partial charge is 0.393 e. The molecule has 0 aliphatic carbocycles. The van der Waals surface area contributed by atoms with Gasteiger partial charge in [-0.25, -0.2) is 0 Å². The Morgan fingerprint density at radius 3 is 2.06 bits per heavy atom. The normalized spacial score (nSPS) is 13.5. The van der Waals surface area contributed by atoms with Crippen molar-refractivity contribution in [1.29, 1.82) is 0 Å². The average molecular weight is 246 g/mol. The summed E-state index contributed by atoms with van der Waals surface area (Å²) in [6, 6.07) is 7.03. The van der Waals surface area contributed by atoms with Crippen molar-refractivity contribution in [2.45, 2.75) is 12.6 Å². The van der Waals surface area contributed by atoms with Crippen LogP contribution < -0.4 is 10.6 Å². The fourth-order valence-corrected chi connectivity index (χ4v) is 1.55. The Hall–Kier alpha value is -1.23. The molecule has 0 saturated heterocycles. The van der Waals surface area contributed by atoms with E-state index in [0.717, 1.165) is 5.69 Å². The lowest BCUT2D eigenvalue weighted by Gasteiger charge is -2.19. The van der Waals surface area contributed by atoms with E-state index >= 15 is 0 Å². The van der Waals surface area contributed by atoms with E-state index in [1.165, 1.54) is 0 Å². The molecule has 0 aliphatic rings. The summed E-state index contributed by atoms with van der Waals surface area (Å²) < 4.78 is 37.6. The lowest BCUT2D eigenvalue weighted by molar-refractivity contribution is -0.171. The van der Waals surface area contributed by atoms with E-state index in [1.54, 1.807) is 24.3 Å². The predicted octanol–water partition coefficient (Wildman–Crippen LogP) is 2.43. The molecule has 0 saturated carbocycles. The van der Waals surface area contributed by atoms with E-state index in [0.29, 0.717) is 5.56 Å². The molecular weight excluding hydrogens is 229 g/mol. The van der Waals surface area contributed by atoms with Crippen molar-refractivity contribution in [3.8, 4) is 0 Å². The van der Waals surface area contributed by atoms with Crippen LogP contribution in [0.1, 0.15) is 5.56 Å². The molecule has 0 aliphatic heterocycles. The van der Waals surface area contributed by atoms with Crippen LogP contribution in [0.2, 0.25) is 0 Å². The van der Waals surface area contributed by atoms with Crippen LogP contribution in [0.5, 0.6) is 0 Å². The molecule has 1 rings (SSSR count). The van der Waals surface area contributed by atoms with Crippen LogP contribution in [-0.4, -0.2) is 26.8 Å². The van der Waals surface area contributed by atoms with Crippen molar-refractivity contribution >= 4 is 5.69 Å². The molecule has 0 aromatic heterocycles. The first kappa shape index (κ1) is 13.8. The summed E-state index contributed by atoms with van der Waals surface area (Å²) in [5.74, 6) is -1.47. The quantitative estimate of drug-likeness (QED) is 0.884. The third-order valence-corrected chi connectivity index (χ3v) is 2.68. The van der Waals surface area contributed by atoms with E-state index in [1.807, 2.05) is 19.0 Å². The highest BCUT2D eigenvalue weighted by molar-refractivity contribution is 5.46. The third kappa shape index (κ3) is 3.93. The molecular formula is C12H17F3N2. The fraction of sp³-hybridized carbons (Fsp3) is 0.500. The predicted molar refractivity (Wildman–Crippen MR) is 63.1 cm³/mol. The monoisotopic (exact) mass is 246 g/mol. The van der Waals surface area contributed by atoms with Gasteiger partial charge in [0.05, 0.1) is 5.92 Å². The van der Waals surface area contributed by atoms with Crippen molar-refractivity contribution in [1.82, 2.24) is 0 Å². The molecule has 0 fully saturated rings. The van der Waals surface area contributed by atoms with E-state index < -0.39 is 12.1 Å². The standard InChI is InChI=1S/C12H17F3N2/c1-17(2)11-5-3-9(4-6-11)7-10(8-16)12(13,14)15/h3-6,10H,7-8,16H2,1-2H3. The lowest BCUT2D eigenvalue weighted by atomic mass is 9.99. The van der Waals surface area contributed by atoms with E-state index in [4.69, 9.17) is 5.73 Å². The Labute approximate surface area is 99.2 Å². The maximum Gasteiger partial charge on any atom is 0.393 e. The maximum absolute atomic E-state index is 12.5. The first-order valence-corrected chi connectivity index (χ1v) is 5.37. The molecule has 1 aromatic rings. The number of hydrogen-bond donors (Lipinski definition) is 1. The minimum atomic E-state index is -4.23. The van der Waals surface area contributed by atoms with E-state index in [2.05, 4.69) is 0 Å². The number of rotatable bonds is 4. The van der Waals surface area contributed by atoms with Crippen molar-refractivity contribution in [3.05, 3.63) is 29.8 Å². The summed E-state index contributed by atoms with van der Waals surface area (Å²) in [6.07, 6.45) is -4.29. The molecule has 2 nitrogen and oxygen atoms in total. The van der Waals surface area contributed by atoms with Crippen LogP contribution in [-0.2, 0) is 6.42 Å². The average Bonchev–Trinajstić information content (AvgIpc) is 2.24. The molecule has 0 heterocycles. The molecule has 1 unspecified atom stereocenters. The minimum absolute atomic E-state index is 0.0618. The van der Waals surface area contributed by atoms with Gasteiger partial charge in [-0.05, 0) is 24.1 Å². The van der Waals surface area contributed by atoms with Gasteiger partial charge in [-0.2, -0.15) is 13.2 Å². The van der Waals surface area contributed by atoms with Crippen molar-refractivity contribution in [3.63, 3.8) is 0 Å². The highest BCUT2D eigenvalue weighted by Gasteiger charge is 2.38. The second-order valence-corrected chi connectivity index (χ2v) is 4.24. The maximum atomic E-state index is 12.5. The molecule has 0 bridgehead atoms. The van der Waals surface area contributed by atoms with Gasteiger partial charge >= 0.3 is 6.18 Å². The first-order valence-electron chi connectivity index (χ1n) is 5.37. The molecule has 17 heavy (non-hydrogen) atoms. The highest BCUT2D eigenvalue weighted by atomic mass is 19.4. The summed E-state index contributed by atoms with van der Waals surface area (Å²) in [5, 5.41) is 0. The molecule has 96 valence electrons. The smallest absolute Gasteiger partial charge is 0.378 e. The number of anilines is 1. The van der Waals surface area contributed by atoms with E-state index in [9.17, 15) is 13.2 Å². The van der Waals surface area contributed by atoms with Gasteiger partial charge in [0.15, 0.2) is 0 Å². The number of nitrogens with two attached hydrogens (primary N) is 1. The SMILES string of the molecule is CN(C)c1ccc(CC(CN)C(F)(F)F)cc1. The van der Waals surface area contributed by atoms with Crippen LogP contribution in [0.15, 0.2) is 24.3 Å². The van der Waals surface area contributed by atoms with Gasteiger partial charge in [-0.15, -0.1) is 0 Å². The Morgan fingerprint density at radius 1 is 1.18 bits per heavy atom.